The van der Waals surface area contributed by atoms with E-state index < -0.39 is 0 Å². The highest BCUT2D eigenvalue weighted by molar-refractivity contribution is 14.1. The molecule has 0 unspecified atom stereocenters. The number of para-hydroxylation sites is 1. The van der Waals surface area contributed by atoms with Gasteiger partial charge >= 0.3 is 0 Å². The first-order valence-corrected chi connectivity index (χ1v) is 5.43. The van der Waals surface area contributed by atoms with Gasteiger partial charge in [-0.05, 0) is 40.8 Å². The van der Waals surface area contributed by atoms with Gasteiger partial charge in [-0.2, -0.15) is 0 Å². The maximum atomic E-state index is 11.6. The van der Waals surface area contributed by atoms with Crippen LogP contribution in [-0.4, -0.2) is 9.67 Å². The molecule has 1 N–H and O–H groups in total. The van der Waals surface area contributed by atoms with Crippen LogP contribution in [0.25, 0.3) is 5.69 Å². The summed E-state index contributed by atoms with van der Waals surface area (Å²) in [6.45, 7) is 0. The van der Waals surface area contributed by atoms with Gasteiger partial charge in [-0.1, -0.05) is 12.1 Å². The van der Waals surface area contributed by atoms with Gasteiger partial charge in [-0.3, -0.25) is 9.36 Å². The summed E-state index contributed by atoms with van der Waals surface area (Å²) in [6, 6.07) is 10.3. The van der Waals surface area contributed by atoms with Crippen LogP contribution in [-0.2, 0) is 0 Å². The summed E-state index contributed by atoms with van der Waals surface area (Å²) in [5.74, 6) is -0.0119. The van der Waals surface area contributed by atoms with Crippen molar-refractivity contribution in [2.75, 3.05) is 0 Å². The van der Waals surface area contributed by atoms with Gasteiger partial charge in [0.2, 0.25) is 0 Å². The van der Waals surface area contributed by atoms with Crippen molar-refractivity contribution in [1.29, 1.82) is 0 Å². The number of rotatable bonds is 1. The van der Waals surface area contributed by atoms with Gasteiger partial charge in [0.05, 0.1) is 5.69 Å². The summed E-state index contributed by atoms with van der Waals surface area (Å²) in [4.78, 5) is 11.6. The van der Waals surface area contributed by atoms with Gasteiger partial charge < -0.3 is 5.11 Å². The van der Waals surface area contributed by atoms with Crippen LogP contribution in [0.2, 0.25) is 0 Å². The van der Waals surface area contributed by atoms with E-state index in [1.54, 1.807) is 6.20 Å². The van der Waals surface area contributed by atoms with Crippen LogP contribution >= 0.6 is 22.6 Å². The second kappa shape index (κ2) is 4.06. The lowest BCUT2D eigenvalue weighted by molar-refractivity contribution is 0.473. The molecule has 1 aromatic carbocycles. The van der Waals surface area contributed by atoms with Gasteiger partial charge in [0, 0.05) is 15.8 Å². The molecular weight excluding hydrogens is 305 g/mol. The fraction of sp³-hybridized carbons (Fsp3) is 0. The fourth-order valence-corrected chi connectivity index (χ4v) is 1.96. The first-order chi connectivity index (χ1) is 7.18. The zero-order valence-corrected chi connectivity index (χ0v) is 9.88. The molecule has 0 aliphatic heterocycles. The van der Waals surface area contributed by atoms with E-state index in [-0.39, 0.29) is 11.3 Å². The Kier molecular flexibility index (Phi) is 2.77. The van der Waals surface area contributed by atoms with Gasteiger partial charge in [-0.25, -0.2) is 0 Å². The first-order valence-electron chi connectivity index (χ1n) is 4.35. The summed E-state index contributed by atoms with van der Waals surface area (Å²) in [7, 11) is 0. The number of halogens is 1. The van der Waals surface area contributed by atoms with E-state index in [1.807, 2.05) is 24.3 Å². The minimum Gasteiger partial charge on any atom is -0.508 e. The monoisotopic (exact) mass is 313 g/mol. The Morgan fingerprint density at radius 3 is 2.60 bits per heavy atom. The number of aromatic nitrogens is 1. The maximum Gasteiger partial charge on any atom is 0.258 e. The molecule has 2 rings (SSSR count). The van der Waals surface area contributed by atoms with Gasteiger partial charge in [-0.15, -0.1) is 0 Å². The zero-order chi connectivity index (χ0) is 10.8. The highest BCUT2D eigenvalue weighted by Gasteiger charge is 2.03. The Morgan fingerprint density at radius 1 is 1.20 bits per heavy atom. The molecule has 0 fully saturated rings. The highest BCUT2D eigenvalue weighted by Crippen LogP contribution is 2.15. The highest BCUT2D eigenvalue weighted by atomic mass is 127. The number of benzene rings is 1. The summed E-state index contributed by atoms with van der Waals surface area (Å²) >= 11 is 2.17. The lowest BCUT2D eigenvalue weighted by atomic mass is 10.3. The van der Waals surface area contributed by atoms with Gasteiger partial charge in [0.1, 0.15) is 5.75 Å². The molecule has 0 saturated heterocycles. The standard InChI is InChI=1S/C11H8INO2/c12-9-3-1-2-4-10(9)13-6-5-8(14)7-11(13)15/h1-7,14H. The molecule has 15 heavy (non-hydrogen) atoms. The van der Waals surface area contributed by atoms with Gasteiger partial charge in [0.15, 0.2) is 0 Å². The minimum absolute atomic E-state index is 0.0119. The molecule has 0 radical (unpaired) electrons. The third kappa shape index (κ3) is 2.04. The van der Waals surface area contributed by atoms with Crippen molar-refractivity contribution in [2.45, 2.75) is 0 Å². The maximum absolute atomic E-state index is 11.6. The van der Waals surface area contributed by atoms with Crippen molar-refractivity contribution in [3.8, 4) is 11.4 Å². The van der Waals surface area contributed by atoms with E-state index in [9.17, 15) is 4.79 Å². The fourth-order valence-electron chi connectivity index (χ4n) is 1.31. The number of pyridine rings is 1. The van der Waals surface area contributed by atoms with Crippen LogP contribution in [0.1, 0.15) is 0 Å². The summed E-state index contributed by atoms with van der Waals surface area (Å²) in [5.41, 5.74) is 0.585. The largest absolute Gasteiger partial charge is 0.508 e. The smallest absolute Gasteiger partial charge is 0.258 e. The molecule has 3 nitrogen and oxygen atoms in total. The second-order valence-electron chi connectivity index (χ2n) is 3.04. The molecule has 4 heteroatoms. The molecule has 2 aromatic rings. The lowest BCUT2D eigenvalue weighted by Crippen LogP contribution is -2.16. The van der Waals surface area contributed by atoms with Gasteiger partial charge in [0.25, 0.3) is 5.56 Å². The van der Waals surface area contributed by atoms with Crippen LogP contribution in [0.15, 0.2) is 47.4 Å². The molecule has 0 saturated carbocycles. The van der Waals surface area contributed by atoms with Crippen LogP contribution in [0, 0.1) is 3.57 Å². The van der Waals surface area contributed by atoms with E-state index in [2.05, 4.69) is 22.6 Å². The Labute approximate surface area is 100 Å². The Balaban J connectivity index is 2.65. The van der Waals surface area contributed by atoms with Crippen molar-refractivity contribution in [2.24, 2.45) is 0 Å². The molecule has 76 valence electrons. The van der Waals surface area contributed by atoms with Crippen molar-refractivity contribution in [3.05, 3.63) is 56.5 Å². The predicted molar refractivity (Wildman–Crippen MR) is 66.4 cm³/mol. The molecule has 0 aliphatic rings. The second-order valence-corrected chi connectivity index (χ2v) is 4.21. The third-order valence-electron chi connectivity index (χ3n) is 2.02. The molecule has 0 aliphatic carbocycles. The molecule has 0 bridgehead atoms. The van der Waals surface area contributed by atoms with E-state index in [0.717, 1.165) is 9.26 Å². The van der Waals surface area contributed by atoms with Crippen molar-refractivity contribution >= 4 is 22.6 Å². The molecule has 0 atom stereocenters. The number of aromatic hydroxyl groups is 1. The first kappa shape index (κ1) is 10.2. The van der Waals surface area contributed by atoms with Crippen molar-refractivity contribution < 1.29 is 5.11 Å². The van der Waals surface area contributed by atoms with E-state index >= 15 is 0 Å². The summed E-state index contributed by atoms with van der Waals surface area (Å²) < 4.78 is 2.49. The molecule has 0 spiro atoms. The van der Waals surface area contributed by atoms with Crippen molar-refractivity contribution in [3.63, 3.8) is 0 Å². The van der Waals surface area contributed by atoms with E-state index in [0.29, 0.717) is 0 Å². The summed E-state index contributed by atoms with van der Waals surface area (Å²) in [5, 5.41) is 9.14. The van der Waals surface area contributed by atoms with Crippen LogP contribution in [0.4, 0.5) is 0 Å². The number of nitrogens with zero attached hydrogens (tertiary/aromatic N) is 1. The lowest BCUT2D eigenvalue weighted by Gasteiger charge is -2.07. The van der Waals surface area contributed by atoms with E-state index in [1.165, 1.54) is 16.7 Å². The topological polar surface area (TPSA) is 42.2 Å². The molecular formula is C11H8INO2. The molecule has 1 aromatic heterocycles. The van der Waals surface area contributed by atoms with Crippen LogP contribution < -0.4 is 5.56 Å². The Morgan fingerprint density at radius 2 is 1.93 bits per heavy atom. The van der Waals surface area contributed by atoms with Crippen molar-refractivity contribution in [1.82, 2.24) is 4.57 Å². The number of hydrogen-bond donors (Lipinski definition) is 1. The third-order valence-corrected chi connectivity index (χ3v) is 2.93. The Bertz CT molecular complexity index is 548. The summed E-state index contributed by atoms with van der Waals surface area (Å²) in [6.07, 6.45) is 1.56. The van der Waals surface area contributed by atoms with Crippen LogP contribution in [0.5, 0.6) is 5.75 Å². The predicted octanol–water partition coefficient (Wildman–Crippen LogP) is 2.15. The molecule has 1 heterocycles. The quantitative estimate of drug-likeness (QED) is 0.820. The Hall–Kier alpha value is -1.30. The van der Waals surface area contributed by atoms with Crippen LogP contribution in [0.3, 0.4) is 0 Å². The molecule has 0 amide bonds. The average molecular weight is 313 g/mol. The van der Waals surface area contributed by atoms with E-state index in [4.69, 9.17) is 5.11 Å². The normalized spacial score (nSPS) is 10.2. The minimum atomic E-state index is -0.237. The number of hydrogen-bond acceptors (Lipinski definition) is 2. The SMILES string of the molecule is O=c1cc(O)ccn1-c1ccccc1I. The zero-order valence-electron chi connectivity index (χ0n) is 7.72. The average Bonchev–Trinajstić information content (AvgIpc) is 2.20.